The number of unbranched alkanes of at least 4 members (excludes halogenated alkanes) is 24. The van der Waals surface area contributed by atoms with Crippen molar-refractivity contribution in [3.63, 3.8) is 0 Å². The van der Waals surface area contributed by atoms with Crippen LogP contribution >= 0.6 is 0 Å². The minimum Gasteiger partial charge on any atom is -0.462 e. The highest BCUT2D eigenvalue weighted by Gasteiger charge is 2.19. The lowest BCUT2D eigenvalue weighted by Crippen LogP contribution is -2.30. The third-order valence-corrected chi connectivity index (χ3v) is 13.4. The minimum atomic E-state index is -0.801. The van der Waals surface area contributed by atoms with E-state index in [2.05, 4.69) is 154 Å². The van der Waals surface area contributed by atoms with Gasteiger partial charge in [0, 0.05) is 19.3 Å². The summed E-state index contributed by atoms with van der Waals surface area (Å²) in [6.07, 6.45) is 91.8. The molecule has 6 heteroatoms. The van der Waals surface area contributed by atoms with Gasteiger partial charge in [-0.25, -0.2) is 0 Å². The van der Waals surface area contributed by atoms with Crippen LogP contribution in [0.15, 0.2) is 134 Å². The molecule has 0 aromatic heterocycles. The summed E-state index contributed by atoms with van der Waals surface area (Å²) >= 11 is 0. The van der Waals surface area contributed by atoms with E-state index in [1.165, 1.54) is 109 Å². The monoisotopic (exact) mass is 1080 g/mol. The van der Waals surface area contributed by atoms with E-state index in [4.69, 9.17) is 14.2 Å². The van der Waals surface area contributed by atoms with Crippen LogP contribution in [0.25, 0.3) is 0 Å². The molecule has 78 heavy (non-hydrogen) atoms. The summed E-state index contributed by atoms with van der Waals surface area (Å²) in [7, 11) is 0. The number of ether oxygens (including phenoxy) is 3. The lowest BCUT2D eigenvalue weighted by Gasteiger charge is -2.18. The van der Waals surface area contributed by atoms with E-state index >= 15 is 0 Å². The van der Waals surface area contributed by atoms with Crippen molar-refractivity contribution in [3.8, 4) is 0 Å². The first kappa shape index (κ1) is 73.5. The smallest absolute Gasteiger partial charge is 0.306 e. The van der Waals surface area contributed by atoms with Crippen LogP contribution in [0.3, 0.4) is 0 Å². The molecule has 0 saturated carbocycles. The van der Waals surface area contributed by atoms with Crippen LogP contribution in [0.1, 0.15) is 284 Å². The zero-order valence-electron chi connectivity index (χ0n) is 50.6. The molecular weight excluding hydrogens is 961 g/mol. The second-order valence-electron chi connectivity index (χ2n) is 20.9. The molecule has 442 valence electrons. The van der Waals surface area contributed by atoms with Crippen molar-refractivity contribution >= 4 is 17.9 Å². The van der Waals surface area contributed by atoms with Crippen molar-refractivity contribution in [2.45, 2.75) is 290 Å². The molecule has 0 spiro atoms. The van der Waals surface area contributed by atoms with Crippen LogP contribution in [0, 0.1) is 0 Å². The van der Waals surface area contributed by atoms with Crippen LogP contribution < -0.4 is 0 Å². The third-order valence-electron chi connectivity index (χ3n) is 13.4. The van der Waals surface area contributed by atoms with Gasteiger partial charge in [-0.3, -0.25) is 14.4 Å². The molecule has 0 radical (unpaired) electrons. The van der Waals surface area contributed by atoms with Crippen LogP contribution in [0.2, 0.25) is 0 Å². The summed E-state index contributed by atoms with van der Waals surface area (Å²) in [4.78, 5) is 38.2. The van der Waals surface area contributed by atoms with Crippen LogP contribution in [-0.2, 0) is 28.6 Å². The summed E-state index contributed by atoms with van der Waals surface area (Å²) < 4.78 is 16.8. The Labute approximate surface area is 481 Å². The number of carbonyl (C=O) groups is 3. The highest BCUT2D eigenvalue weighted by Crippen LogP contribution is 2.15. The Morgan fingerprint density at radius 3 is 0.846 bits per heavy atom. The molecule has 0 aliphatic carbocycles. The van der Waals surface area contributed by atoms with Gasteiger partial charge in [-0.1, -0.05) is 276 Å². The fraction of sp³-hybridized carbons (Fsp3) is 0.653. The summed E-state index contributed by atoms with van der Waals surface area (Å²) in [5.41, 5.74) is 0. The maximum Gasteiger partial charge on any atom is 0.306 e. The number of hydrogen-bond donors (Lipinski definition) is 0. The predicted octanol–water partition coefficient (Wildman–Crippen LogP) is 22.2. The molecule has 0 bridgehead atoms. The first-order valence-corrected chi connectivity index (χ1v) is 32.2. The highest BCUT2D eigenvalue weighted by atomic mass is 16.6. The maximum absolute atomic E-state index is 12.9. The molecule has 0 rings (SSSR count). The summed E-state index contributed by atoms with van der Waals surface area (Å²) in [6.45, 7) is 6.47. The Morgan fingerprint density at radius 2 is 0.500 bits per heavy atom. The minimum absolute atomic E-state index is 0.0967. The van der Waals surface area contributed by atoms with Crippen molar-refractivity contribution in [3.05, 3.63) is 134 Å². The Balaban J connectivity index is 4.35. The number of carbonyl (C=O) groups excluding carboxylic acids is 3. The lowest BCUT2D eigenvalue weighted by atomic mass is 10.0. The summed E-state index contributed by atoms with van der Waals surface area (Å²) in [6, 6.07) is 0. The van der Waals surface area contributed by atoms with E-state index in [-0.39, 0.29) is 31.1 Å². The van der Waals surface area contributed by atoms with Gasteiger partial charge in [0.05, 0.1) is 0 Å². The normalized spacial score (nSPS) is 13.0. The van der Waals surface area contributed by atoms with Gasteiger partial charge in [0.1, 0.15) is 13.2 Å². The van der Waals surface area contributed by atoms with Crippen molar-refractivity contribution in [2.75, 3.05) is 13.2 Å². The van der Waals surface area contributed by atoms with E-state index in [1.807, 2.05) is 0 Å². The second-order valence-corrected chi connectivity index (χ2v) is 20.9. The molecule has 0 fully saturated rings. The number of esters is 3. The van der Waals surface area contributed by atoms with E-state index in [9.17, 15) is 14.4 Å². The Morgan fingerprint density at radius 1 is 0.269 bits per heavy atom. The Hall–Kier alpha value is -4.45. The van der Waals surface area contributed by atoms with Crippen molar-refractivity contribution in [2.24, 2.45) is 0 Å². The number of rotatable bonds is 57. The van der Waals surface area contributed by atoms with E-state index in [0.29, 0.717) is 25.7 Å². The molecule has 0 aromatic carbocycles. The summed E-state index contributed by atoms with van der Waals surface area (Å²) in [5, 5.41) is 0. The van der Waals surface area contributed by atoms with Crippen LogP contribution in [0.4, 0.5) is 0 Å². The molecule has 0 saturated heterocycles. The van der Waals surface area contributed by atoms with Gasteiger partial charge in [-0.2, -0.15) is 0 Å². The first-order valence-electron chi connectivity index (χ1n) is 32.2. The van der Waals surface area contributed by atoms with Gasteiger partial charge in [0.2, 0.25) is 0 Å². The standard InChI is InChI=1S/C72H118O6/c1-4-7-10-13-16-19-22-25-27-28-29-30-31-32-33-34-35-36-37-38-39-40-41-42-43-44-46-47-50-53-56-59-62-65-71(74)77-68-69(67-76-70(73)64-61-58-55-52-49-24-21-18-15-12-9-6-3)78-72(75)66-63-60-57-54-51-48-45-26-23-20-17-14-11-8-5-2/h7,10,16,18-19,21,25,27,29-30,32-33,35-36,38-39,41-42,44,46,50,53,69H,4-6,8-9,11-15,17,20,22-24,26,28,31,34,37,40,43,45,47-49,51-52,54-68H2,1-3H3/b10-7-,19-16-,21-18-,27-25-,30-29-,33-32-,36-35-,39-38-,42-41-,46-44-,53-50-. The SMILES string of the molecule is CC/C=C\C/C=C\C/C=C\C/C=C\C/C=C\C/C=C\C/C=C\C/C=C\C/C=C\C/C=C\CCCCC(=O)OCC(COC(=O)CCCCCCC/C=C\CCCCC)OC(=O)CCCCCCCCCCCCCCCCC. The fourth-order valence-corrected chi connectivity index (χ4v) is 8.58. The quantitative estimate of drug-likeness (QED) is 0.0261. The zero-order chi connectivity index (χ0) is 56.4. The molecule has 0 aromatic rings. The largest absolute Gasteiger partial charge is 0.462 e. The molecule has 6 nitrogen and oxygen atoms in total. The van der Waals surface area contributed by atoms with E-state index < -0.39 is 6.10 Å². The number of allylic oxidation sites excluding steroid dienone is 22. The highest BCUT2D eigenvalue weighted by molar-refractivity contribution is 5.71. The van der Waals surface area contributed by atoms with Crippen LogP contribution in [-0.4, -0.2) is 37.2 Å². The number of hydrogen-bond acceptors (Lipinski definition) is 6. The second kappa shape index (κ2) is 65.1. The van der Waals surface area contributed by atoms with Gasteiger partial charge in [0.15, 0.2) is 6.10 Å². The Kier molecular flexibility index (Phi) is 61.4. The molecular formula is C72H118O6. The molecule has 1 atom stereocenters. The van der Waals surface area contributed by atoms with Crippen molar-refractivity contribution in [1.82, 2.24) is 0 Å². The predicted molar refractivity (Wildman–Crippen MR) is 339 cm³/mol. The summed E-state index contributed by atoms with van der Waals surface area (Å²) in [5.74, 6) is -0.947. The van der Waals surface area contributed by atoms with Crippen LogP contribution in [0.5, 0.6) is 0 Å². The van der Waals surface area contributed by atoms with Gasteiger partial charge in [-0.15, -0.1) is 0 Å². The maximum atomic E-state index is 12.9. The third kappa shape index (κ3) is 62.4. The van der Waals surface area contributed by atoms with Gasteiger partial charge in [0.25, 0.3) is 0 Å². The van der Waals surface area contributed by atoms with E-state index in [0.717, 1.165) is 128 Å². The van der Waals surface area contributed by atoms with Crippen molar-refractivity contribution < 1.29 is 28.6 Å². The first-order chi connectivity index (χ1) is 38.5. The molecule has 1 unspecified atom stereocenters. The molecule has 0 aliphatic heterocycles. The molecule has 0 heterocycles. The van der Waals surface area contributed by atoms with Gasteiger partial charge < -0.3 is 14.2 Å². The lowest BCUT2D eigenvalue weighted by molar-refractivity contribution is -0.167. The van der Waals surface area contributed by atoms with Crippen molar-refractivity contribution in [1.29, 1.82) is 0 Å². The van der Waals surface area contributed by atoms with Gasteiger partial charge >= 0.3 is 17.9 Å². The average Bonchev–Trinajstić information content (AvgIpc) is 3.44. The Bertz CT molecular complexity index is 1670. The fourth-order valence-electron chi connectivity index (χ4n) is 8.58. The average molecular weight is 1080 g/mol. The molecule has 0 amide bonds. The molecule has 0 aliphatic rings. The van der Waals surface area contributed by atoms with E-state index in [1.54, 1.807) is 0 Å². The van der Waals surface area contributed by atoms with Gasteiger partial charge in [-0.05, 0) is 122 Å². The zero-order valence-corrected chi connectivity index (χ0v) is 50.6. The topological polar surface area (TPSA) is 78.9 Å². The molecule has 0 N–H and O–H groups in total.